The fourth-order valence-electron chi connectivity index (χ4n) is 2.03. The van der Waals surface area contributed by atoms with Crippen LogP contribution in [0.4, 0.5) is 0 Å². The minimum atomic E-state index is -0.566. The molecular formula is C12H16O2. The summed E-state index contributed by atoms with van der Waals surface area (Å²) in [4.78, 5) is 0. The molecule has 1 saturated heterocycles. The van der Waals surface area contributed by atoms with Gasteiger partial charge in [0.1, 0.15) is 0 Å². The molecule has 0 aliphatic carbocycles. The largest absolute Gasteiger partial charge is 0.368 e. The van der Waals surface area contributed by atoms with E-state index in [4.69, 9.17) is 4.74 Å². The summed E-state index contributed by atoms with van der Waals surface area (Å²) in [7, 11) is 0. The molecule has 1 aromatic rings. The van der Waals surface area contributed by atoms with Gasteiger partial charge in [0.15, 0.2) is 6.29 Å². The summed E-state index contributed by atoms with van der Waals surface area (Å²) in [5.41, 5.74) is 1.09. The van der Waals surface area contributed by atoms with Crippen molar-refractivity contribution in [1.82, 2.24) is 0 Å². The molecule has 0 radical (unpaired) electrons. The number of rotatable bonds is 2. The van der Waals surface area contributed by atoms with Crippen molar-refractivity contribution in [3.05, 3.63) is 35.9 Å². The van der Waals surface area contributed by atoms with Gasteiger partial charge >= 0.3 is 0 Å². The summed E-state index contributed by atoms with van der Waals surface area (Å²) in [6, 6.07) is 10.3. The first kappa shape index (κ1) is 9.69. The summed E-state index contributed by atoms with van der Waals surface area (Å²) >= 11 is 0. The lowest BCUT2D eigenvalue weighted by molar-refractivity contribution is -0.129. The lowest BCUT2D eigenvalue weighted by Gasteiger charge is -2.23. The van der Waals surface area contributed by atoms with Crippen molar-refractivity contribution < 1.29 is 9.84 Å². The number of benzene rings is 1. The van der Waals surface area contributed by atoms with Crippen LogP contribution >= 0.6 is 0 Å². The molecule has 14 heavy (non-hydrogen) atoms. The Morgan fingerprint density at radius 3 is 2.71 bits per heavy atom. The fourth-order valence-corrected chi connectivity index (χ4v) is 2.03. The molecule has 2 rings (SSSR count). The van der Waals surface area contributed by atoms with Crippen LogP contribution in [0, 0.1) is 0 Å². The highest BCUT2D eigenvalue weighted by atomic mass is 16.6. The molecule has 0 aromatic heterocycles. The zero-order valence-corrected chi connectivity index (χ0v) is 8.44. The van der Waals surface area contributed by atoms with Crippen LogP contribution in [-0.4, -0.2) is 17.0 Å². The van der Waals surface area contributed by atoms with Crippen molar-refractivity contribution in [1.29, 1.82) is 0 Å². The Balaban J connectivity index is 2.04. The summed E-state index contributed by atoms with van der Waals surface area (Å²) in [5.74, 6) is 0. The summed E-state index contributed by atoms with van der Waals surface area (Å²) in [5, 5.41) is 9.32. The Morgan fingerprint density at radius 1 is 1.43 bits per heavy atom. The summed E-state index contributed by atoms with van der Waals surface area (Å²) in [6.45, 7) is 2.07. The van der Waals surface area contributed by atoms with Gasteiger partial charge in [-0.15, -0.1) is 0 Å². The first-order chi connectivity index (χ1) is 6.68. The van der Waals surface area contributed by atoms with Gasteiger partial charge in [0.25, 0.3) is 0 Å². The van der Waals surface area contributed by atoms with Crippen LogP contribution in [0.5, 0.6) is 0 Å². The van der Waals surface area contributed by atoms with E-state index in [9.17, 15) is 5.11 Å². The van der Waals surface area contributed by atoms with Gasteiger partial charge in [-0.2, -0.15) is 0 Å². The van der Waals surface area contributed by atoms with Crippen LogP contribution in [0.3, 0.4) is 0 Å². The van der Waals surface area contributed by atoms with Crippen molar-refractivity contribution in [3.63, 3.8) is 0 Å². The smallest absolute Gasteiger partial charge is 0.155 e. The first-order valence-electron chi connectivity index (χ1n) is 5.08. The zero-order chi connectivity index (χ0) is 10.0. The molecule has 76 valence electrons. The number of hydrogen-bond acceptors (Lipinski definition) is 2. The highest BCUT2D eigenvalue weighted by Gasteiger charge is 2.34. The lowest BCUT2D eigenvalue weighted by Crippen LogP contribution is -2.27. The molecule has 1 N–H and O–H groups in total. The van der Waals surface area contributed by atoms with E-state index in [1.807, 2.05) is 18.2 Å². The van der Waals surface area contributed by atoms with E-state index >= 15 is 0 Å². The minimum Gasteiger partial charge on any atom is -0.368 e. The third kappa shape index (κ3) is 2.14. The van der Waals surface area contributed by atoms with E-state index in [1.54, 1.807) is 0 Å². The Hall–Kier alpha value is -0.860. The molecule has 1 heterocycles. The maximum Gasteiger partial charge on any atom is 0.155 e. The van der Waals surface area contributed by atoms with Gasteiger partial charge in [-0.3, -0.25) is 0 Å². The monoisotopic (exact) mass is 192 g/mol. The zero-order valence-electron chi connectivity index (χ0n) is 8.44. The highest BCUT2D eigenvalue weighted by Crippen LogP contribution is 2.31. The number of ether oxygens (including phenoxy) is 1. The second kappa shape index (κ2) is 3.71. The van der Waals surface area contributed by atoms with Gasteiger partial charge in [-0.05, 0) is 18.9 Å². The van der Waals surface area contributed by atoms with Crippen LogP contribution < -0.4 is 0 Å². The van der Waals surface area contributed by atoms with Gasteiger partial charge in [0, 0.05) is 12.8 Å². The fraction of sp³-hybridized carbons (Fsp3) is 0.500. The van der Waals surface area contributed by atoms with Gasteiger partial charge in [-0.25, -0.2) is 0 Å². The van der Waals surface area contributed by atoms with Gasteiger partial charge in [0.05, 0.1) is 5.60 Å². The number of aliphatic hydroxyl groups is 1. The molecular weight excluding hydrogens is 176 g/mol. The van der Waals surface area contributed by atoms with Crippen LogP contribution in [0.2, 0.25) is 0 Å². The van der Waals surface area contributed by atoms with E-state index in [0.717, 1.165) is 19.3 Å². The van der Waals surface area contributed by atoms with Crippen LogP contribution in [0.25, 0.3) is 0 Å². The minimum absolute atomic E-state index is 0.180. The molecule has 2 atom stereocenters. The van der Waals surface area contributed by atoms with Crippen LogP contribution in [-0.2, 0) is 11.2 Å². The van der Waals surface area contributed by atoms with Crippen molar-refractivity contribution in [3.8, 4) is 0 Å². The molecule has 2 nitrogen and oxygen atoms in total. The van der Waals surface area contributed by atoms with Crippen molar-refractivity contribution in [2.75, 3.05) is 0 Å². The highest BCUT2D eigenvalue weighted by molar-refractivity contribution is 5.17. The van der Waals surface area contributed by atoms with Crippen molar-refractivity contribution in [2.45, 2.75) is 38.1 Å². The van der Waals surface area contributed by atoms with E-state index in [0.29, 0.717) is 0 Å². The molecule has 0 amide bonds. The standard InChI is InChI=1S/C12H16O2/c1-12(8-7-11(13)14-12)9-10-5-3-2-4-6-10/h2-6,11,13H,7-9H2,1H3. The molecule has 1 fully saturated rings. The SMILES string of the molecule is CC1(Cc2ccccc2)CCC(O)O1. The molecule has 0 spiro atoms. The molecule has 2 heteroatoms. The predicted octanol–water partition coefficient (Wildman–Crippen LogP) is 2.12. The molecule has 1 aliphatic rings. The van der Waals surface area contributed by atoms with Gasteiger partial charge in [0.2, 0.25) is 0 Å². The molecule has 0 bridgehead atoms. The molecule has 0 saturated carbocycles. The maximum absolute atomic E-state index is 9.32. The van der Waals surface area contributed by atoms with Crippen molar-refractivity contribution >= 4 is 0 Å². The topological polar surface area (TPSA) is 29.5 Å². The molecule has 1 aliphatic heterocycles. The molecule has 2 unspecified atom stereocenters. The second-order valence-electron chi connectivity index (χ2n) is 4.22. The van der Waals surface area contributed by atoms with E-state index < -0.39 is 6.29 Å². The number of aliphatic hydroxyl groups excluding tert-OH is 1. The molecule has 1 aromatic carbocycles. The third-order valence-corrected chi connectivity index (χ3v) is 2.76. The van der Waals surface area contributed by atoms with E-state index in [2.05, 4.69) is 19.1 Å². The van der Waals surface area contributed by atoms with E-state index in [-0.39, 0.29) is 5.60 Å². The summed E-state index contributed by atoms with van der Waals surface area (Å²) < 4.78 is 5.51. The number of hydrogen-bond donors (Lipinski definition) is 1. The average molecular weight is 192 g/mol. The Kier molecular flexibility index (Phi) is 2.57. The van der Waals surface area contributed by atoms with Crippen LogP contribution in [0.1, 0.15) is 25.3 Å². The Bertz CT molecular complexity index is 296. The van der Waals surface area contributed by atoms with Crippen molar-refractivity contribution in [2.24, 2.45) is 0 Å². The first-order valence-corrected chi connectivity index (χ1v) is 5.08. The second-order valence-corrected chi connectivity index (χ2v) is 4.22. The maximum atomic E-state index is 9.32. The predicted molar refractivity (Wildman–Crippen MR) is 54.9 cm³/mol. The Morgan fingerprint density at radius 2 is 2.14 bits per heavy atom. The van der Waals surface area contributed by atoms with Gasteiger partial charge in [-0.1, -0.05) is 30.3 Å². The lowest BCUT2D eigenvalue weighted by atomic mass is 9.94. The third-order valence-electron chi connectivity index (χ3n) is 2.76. The van der Waals surface area contributed by atoms with Gasteiger partial charge < -0.3 is 9.84 Å². The van der Waals surface area contributed by atoms with E-state index in [1.165, 1.54) is 5.56 Å². The Labute approximate surface area is 84.5 Å². The quantitative estimate of drug-likeness (QED) is 0.777. The average Bonchev–Trinajstić information content (AvgIpc) is 2.47. The normalized spacial score (nSPS) is 32.0. The van der Waals surface area contributed by atoms with Crippen LogP contribution in [0.15, 0.2) is 30.3 Å². The summed E-state index contributed by atoms with van der Waals surface area (Å²) in [6.07, 6.45) is 2.00.